The standard InChI is InChI=1S/C20H22F3N3O2/c1-4-14-5-7-15(8-6-14)12(2)24-19(28)26-18-10-9-16(25-13(3)27)11-17(18)20(21,22)23/h5-12H,4H2,1-3H3,(H,25,27)(H2,24,26,28)/t12-/m0/s1. The number of aryl methyl sites for hydroxylation is 1. The maximum Gasteiger partial charge on any atom is 0.418 e. The van der Waals surface area contributed by atoms with Gasteiger partial charge in [0.25, 0.3) is 0 Å². The maximum atomic E-state index is 13.3. The van der Waals surface area contributed by atoms with Gasteiger partial charge in [0.15, 0.2) is 0 Å². The minimum atomic E-state index is -4.70. The first-order valence-electron chi connectivity index (χ1n) is 8.75. The summed E-state index contributed by atoms with van der Waals surface area (Å²) < 4.78 is 40.0. The molecule has 3 N–H and O–H groups in total. The Hall–Kier alpha value is -3.03. The van der Waals surface area contributed by atoms with Crippen LogP contribution in [0.1, 0.15) is 43.5 Å². The third kappa shape index (κ3) is 5.73. The number of urea groups is 1. The maximum absolute atomic E-state index is 13.3. The van der Waals surface area contributed by atoms with E-state index >= 15 is 0 Å². The second-order valence-electron chi connectivity index (χ2n) is 6.35. The van der Waals surface area contributed by atoms with Crippen molar-refractivity contribution in [2.45, 2.75) is 39.4 Å². The zero-order valence-electron chi connectivity index (χ0n) is 15.8. The monoisotopic (exact) mass is 393 g/mol. The molecule has 0 bridgehead atoms. The number of halogens is 3. The van der Waals surface area contributed by atoms with E-state index in [9.17, 15) is 22.8 Å². The van der Waals surface area contributed by atoms with E-state index in [1.807, 2.05) is 31.2 Å². The van der Waals surface area contributed by atoms with Crippen molar-refractivity contribution < 1.29 is 22.8 Å². The van der Waals surface area contributed by atoms with Crippen LogP contribution in [0, 0.1) is 0 Å². The van der Waals surface area contributed by atoms with Crippen LogP contribution in [0.3, 0.4) is 0 Å². The highest BCUT2D eigenvalue weighted by molar-refractivity contribution is 5.92. The van der Waals surface area contributed by atoms with Gasteiger partial charge in [0, 0.05) is 12.6 Å². The summed E-state index contributed by atoms with van der Waals surface area (Å²) in [7, 11) is 0. The molecule has 0 saturated carbocycles. The molecule has 0 spiro atoms. The molecular formula is C20H22F3N3O2. The average molecular weight is 393 g/mol. The van der Waals surface area contributed by atoms with Crippen LogP contribution in [-0.4, -0.2) is 11.9 Å². The number of anilines is 2. The smallest absolute Gasteiger partial charge is 0.331 e. The highest BCUT2D eigenvalue weighted by atomic mass is 19.4. The molecule has 2 aromatic carbocycles. The molecule has 2 rings (SSSR count). The van der Waals surface area contributed by atoms with Gasteiger partial charge >= 0.3 is 12.2 Å². The fourth-order valence-corrected chi connectivity index (χ4v) is 2.65. The van der Waals surface area contributed by atoms with E-state index in [0.717, 1.165) is 29.7 Å². The quantitative estimate of drug-likeness (QED) is 0.661. The fraction of sp³-hybridized carbons (Fsp3) is 0.300. The Kier molecular flexibility index (Phi) is 6.66. The average Bonchev–Trinajstić information content (AvgIpc) is 2.61. The van der Waals surface area contributed by atoms with Crippen molar-refractivity contribution in [1.29, 1.82) is 0 Å². The first kappa shape index (κ1) is 21.3. The highest BCUT2D eigenvalue weighted by Gasteiger charge is 2.34. The molecule has 8 heteroatoms. The molecule has 150 valence electrons. The number of carbonyl (C=O) groups excluding carboxylic acids is 2. The predicted octanol–water partition coefficient (Wildman–Crippen LogP) is 5.11. The summed E-state index contributed by atoms with van der Waals surface area (Å²) in [6.07, 6.45) is -3.81. The van der Waals surface area contributed by atoms with Gasteiger partial charge in [0.1, 0.15) is 0 Å². The van der Waals surface area contributed by atoms with Crippen molar-refractivity contribution in [2.75, 3.05) is 10.6 Å². The van der Waals surface area contributed by atoms with Crippen molar-refractivity contribution in [2.24, 2.45) is 0 Å². The van der Waals surface area contributed by atoms with Crippen LogP contribution >= 0.6 is 0 Å². The van der Waals surface area contributed by atoms with Crippen LogP contribution in [0.4, 0.5) is 29.3 Å². The van der Waals surface area contributed by atoms with Gasteiger partial charge < -0.3 is 16.0 Å². The summed E-state index contributed by atoms with van der Waals surface area (Å²) in [6, 6.07) is 9.64. The number of nitrogens with one attached hydrogen (secondary N) is 3. The van der Waals surface area contributed by atoms with Crippen LogP contribution < -0.4 is 16.0 Å². The van der Waals surface area contributed by atoms with Crippen molar-refractivity contribution in [3.05, 3.63) is 59.2 Å². The second kappa shape index (κ2) is 8.77. The first-order chi connectivity index (χ1) is 13.1. The van der Waals surface area contributed by atoms with Crippen molar-refractivity contribution in [3.8, 4) is 0 Å². The number of amides is 3. The highest BCUT2D eigenvalue weighted by Crippen LogP contribution is 2.36. The van der Waals surface area contributed by atoms with Crippen LogP contribution in [0.2, 0.25) is 0 Å². The summed E-state index contributed by atoms with van der Waals surface area (Å²) >= 11 is 0. The number of alkyl halides is 3. The van der Waals surface area contributed by atoms with Gasteiger partial charge in [-0.3, -0.25) is 4.79 Å². The second-order valence-corrected chi connectivity index (χ2v) is 6.35. The number of hydrogen-bond donors (Lipinski definition) is 3. The van der Waals surface area contributed by atoms with E-state index in [2.05, 4.69) is 16.0 Å². The van der Waals surface area contributed by atoms with Crippen molar-refractivity contribution in [3.63, 3.8) is 0 Å². The lowest BCUT2D eigenvalue weighted by atomic mass is 10.1. The van der Waals surface area contributed by atoms with E-state index in [1.165, 1.54) is 13.0 Å². The molecule has 0 fully saturated rings. The molecule has 0 aliphatic rings. The summed E-state index contributed by atoms with van der Waals surface area (Å²) in [4.78, 5) is 23.3. The molecular weight excluding hydrogens is 371 g/mol. The van der Waals surface area contributed by atoms with Gasteiger partial charge in [-0.15, -0.1) is 0 Å². The summed E-state index contributed by atoms with van der Waals surface area (Å²) in [5.41, 5.74) is 0.538. The lowest BCUT2D eigenvalue weighted by Crippen LogP contribution is -2.32. The van der Waals surface area contributed by atoms with E-state index < -0.39 is 29.4 Å². The van der Waals surface area contributed by atoms with Gasteiger partial charge in [-0.1, -0.05) is 31.2 Å². The molecule has 0 aromatic heterocycles. The Morgan fingerprint density at radius 3 is 2.21 bits per heavy atom. The van der Waals surface area contributed by atoms with Crippen molar-refractivity contribution in [1.82, 2.24) is 5.32 Å². The summed E-state index contributed by atoms with van der Waals surface area (Å²) in [5, 5.41) is 7.15. The van der Waals surface area contributed by atoms with E-state index in [1.54, 1.807) is 6.92 Å². The molecule has 0 aliphatic carbocycles. The minimum absolute atomic E-state index is 0.00448. The Balaban J connectivity index is 2.14. The van der Waals surface area contributed by atoms with E-state index in [4.69, 9.17) is 0 Å². The molecule has 2 aromatic rings. The van der Waals surface area contributed by atoms with Crippen LogP contribution in [-0.2, 0) is 17.4 Å². The normalized spacial score (nSPS) is 12.2. The zero-order valence-corrected chi connectivity index (χ0v) is 15.8. The summed E-state index contributed by atoms with van der Waals surface area (Å²) in [6.45, 7) is 4.96. The number of hydrogen-bond acceptors (Lipinski definition) is 2. The van der Waals surface area contributed by atoms with Crippen LogP contribution in [0.25, 0.3) is 0 Å². The molecule has 3 amide bonds. The predicted molar refractivity (Wildman–Crippen MR) is 102 cm³/mol. The molecule has 1 atom stereocenters. The Bertz CT molecular complexity index is 849. The Morgan fingerprint density at radius 1 is 1.04 bits per heavy atom. The van der Waals surface area contributed by atoms with Gasteiger partial charge in [-0.2, -0.15) is 13.2 Å². The molecule has 0 unspecified atom stereocenters. The van der Waals surface area contributed by atoms with Gasteiger partial charge in [0.05, 0.1) is 17.3 Å². The lowest BCUT2D eigenvalue weighted by Gasteiger charge is -2.18. The lowest BCUT2D eigenvalue weighted by molar-refractivity contribution is -0.137. The number of benzene rings is 2. The van der Waals surface area contributed by atoms with Gasteiger partial charge in [0.2, 0.25) is 5.91 Å². The number of carbonyl (C=O) groups is 2. The van der Waals surface area contributed by atoms with Crippen molar-refractivity contribution >= 4 is 23.3 Å². The fourth-order valence-electron chi connectivity index (χ4n) is 2.65. The topological polar surface area (TPSA) is 70.2 Å². The SMILES string of the molecule is CCc1ccc([C@H](C)NC(=O)Nc2ccc(NC(C)=O)cc2C(F)(F)F)cc1. The third-order valence-corrected chi connectivity index (χ3v) is 4.13. The molecule has 0 saturated heterocycles. The first-order valence-corrected chi connectivity index (χ1v) is 8.75. The minimum Gasteiger partial charge on any atom is -0.331 e. The molecule has 28 heavy (non-hydrogen) atoms. The van der Waals surface area contributed by atoms with Crippen LogP contribution in [0.15, 0.2) is 42.5 Å². The Labute approximate surface area is 161 Å². The largest absolute Gasteiger partial charge is 0.418 e. The molecule has 0 aliphatic heterocycles. The van der Waals surface area contributed by atoms with E-state index in [-0.39, 0.29) is 11.7 Å². The molecule has 5 nitrogen and oxygen atoms in total. The zero-order chi connectivity index (χ0) is 20.9. The van der Waals surface area contributed by atoms with Gasteiger partial charge in [-0.05, 0) is 42.7 Å². The number of rotatable bonds is 5. The Morgan fingerprint density at radius 2 is 1.68 bits per heavy atom. The molecule has 0 radical (unpaired) electrons. The third-order valence-electron chi connectivity index (χ3n) is 4.13. The molecule has 0 heterocycles. The van der Waals surface area contributed by atoms with Crippen LogP contribution in [0.5, 0.6) is 0 Å². The van der Waals surface area contributed by atoms with E-state index in [0.29, 0.717) is 0 Å². The van der Waals surface area contributed by atoms with Gasteiger partial charge in [-0.25, -0.2) is 4.79 Å². The summed E-state index contributed by atoms with van der Waals surface area (Å²) in [5.74, 6) is -0.491.